The maximum atomic E-state index is 12.0. The summed E-state index contributed by atoms with van der Waals surface area (Å²) in [4.78, 5) is 30.4. The van der Waals surface area contributed by atoms with Crippen molar-refractivity contribution < 1.29 is 9.72 Å². The third-order valence-corrected chi connectivity index (χ3v) is 4.00. The van der Waals surface area contributed by atoms with Crippen molar-refractivity contribution in [2.45, 2.75) is 0 Å². The van der Waals surface area contributed by atoms with Gasteiger partial charge < -0.3 is 0 Å². The van der Waals surface area contributed by atoms with Gasteiger partial charge in [-0.1, -0.05) is 0 Å². The molecule has 0 aliphatic rings. The highest BCUT2D eigenvalue weighted by Crippen LogP contribution is 2.24. The van der Waals surface area contributed by atoms with Crippen molar-refractivity contribution in [2.24, 2.45) is 0 Å². The van der Waals surface area contributed by atoms with E-state index in [1.54, 1.807) is 30.6 Å². The topological polar surface area (TPSA) is 98.0 Å². The molecule has 1 N–H and O–H groups in total. The van der Waals surface area contributed by atoms with Crippen LogP contribution in [0.25, 0.3) is 17.3 Å². The fourth-order valence-electron chi connectivity index (χ4n) is 2.01. The largest absolute Gasteiger partial charge is 0.298 e. The molecule has 7 nitrogen and oxygen atoms in total. The summed E-state index contributed by atoms with van der Waals surface area (Å²) < 4.78 is 0. The molecule has 0 fully saturated rings. The number of nitrogens with one attached hydrogen (secondary N) is 1. The average Bonchev–Trinajstić information content (AvgIpc) is 3.09. The van der Waals surface area contributed by atoms with Crippen molar-refractivity contribution in [3.63, 3.8) is 0 Å². The molecule has 0 saturated carbocycles. The van der Waals surface area contributed by atoms with Gasteiger partial charge >= 0.3 is 0 Å². The zero-order chi connectivity index (χ0) is 17.6. The molecule has 0 aliphatic heterocycles. The molecule has 124 valence electrons. The monoisotopic (exact) mass is 352 g/mol. The maximum absolute atomic E-state index is 12.0. The van der Waals surface area contributed by atoms with Gasteiger partial charge in [0, 0.05) is 41.5 Å². The summed E-state index contributed by atoms with van der Waals surface area (Å²) in [5, 5.41) is 15.6. The summed E-state index contributed by atoms with van der Waals surface area (Å²) in [5.74, 6) is -0.325. The number of pyridine rings is 1. The summed E-state index contributed by atoms with van der Waals surface area (Å²) in [5.41, 5.74) is 2.39. The Balaban J connectivity index is 1.63. The predicted octanol–water partition coefficient (Wildman–Crippen LogP) is 3.77. The number of nitro benzene ring substituents is 1. The van der Waals surface area contributed by atoms with E-state index in [2.05, 4.69) is 15.3 Å². The van der Waals surface area contributed by atoms with Crippen LogP contribution in [0.15, 0.2) is 60.2 Å². The summed E-state index contributed by atoms with van der Waals surface area (Å²) in [7, 11) is 0. The minimum atomic E-state index is -0.469. The Hall–Kier alpha value is -3.39. The number of carbonyl (C=O) groups excluding carboxylic acids is 1. The molecule has 0 saturated heterocycles. The quantitative estimate of drug-likeness (QED) is 0.428. The predicted molar refractivity (Wildman–Crippen MR) is 96.1 cm³/mol. The maximum Gasteiger partial charge on any atom is 0.269 e. The van der Waals surface area contributed by atoms with Gasteiger partial charge in [0.15, 0.2) is 5.13 Å². The summed E-state index contributed by atoms with van der Waals surface area (Å²) in [6, 6.07) is 9.61. The van der Waals surface area contributed by atoms with Crippen molar-refractivity contribution >= 4 is 34.1 Å². The number of nitrogens with zero attached hydrogens (tertiary/aromatic N) is 3. The van der Waals surface area contributed by atoms with Crippen molar-refractivity contribution in [3.05, 3.63) is 75.9 Å². The van der Waals surface area contributed by atoms with Crippen LogP contribution in [0.3, 0.4) is 0 Å². The van der Waals surface area contributed by atoms with Gasteiger partial charge in [-0.05, 0) is 35.9 Å². The number of amides is 1. The number of aromatic nitrogens is 2. The Kier molecular flexibility index (Phi) is 4.91. The first-order chi connectivity index (χ1) is 12.1. The van der Waals surface area contributed by atoms with Crippen molar-refractivity contribution in [3.8, 4) is 11.3 Å². The van der Waals surface area contributed by atoms with Crippen LogP contribution in [0.5, 0.6) is 0 Å². The van der Waals surface area contributed by atoms with Gasteiger partial charge in [-0.15, -0.1) is 11.3 Å². The average molecular weight is 352 g/mol. The Morgan fingerprint density at radius 2 is 1.88 bits per heavy atom. The molecule has 1 aromatic carbocycles. The van der Waals surface area contributed by atoms with Gasteiger partial charge in [-0.3, -0.25) is 25.2 Å². The number of hydrogen-bond donors (Lipinski definition) is 1. The van der Waals surface area contributed by atoms with E-state index in [9.17, 15) is 14.9 Å². The van der Waals surface area contributed by atoms with Crippen LogP contribution in [0.2, 0.25) is 0 Å². The number of non-ortho nitro benzene ring substituents is 1. The molecule has 1 amide bonds. The Morgan fingerprint density at radius 1 is 1.16 bits per heavy atom. The van der Waals surface area contributed by atoms with E-state index in [1.165, 1.54) is 29.5 Å². The lowest BCUT2D eigenvalue weighted by Crippen LogP contribution is -2.07. The Labute approximate surface area is 146 Å². The first-order valence-corrected chi connectivity index (χ1v) is 8.09. The summed E-state index contributed by atoms with van der Waals surface area (Å²) in [6.07, 6.45) is 6.30. The molecule has 3 aromatic rings. The minimum absolute atomic E-state index is 0.00743. The number of benzene rings is 1. The molecule has 0 unspecified atom stereocenters. The molecule has 2 aromatic heterocycles. The molecule has 0 aliphatic carbocycles. The van der Waals surface area contributed by atoms with Crippen LogP contribution in [0, 0.1) is 10.1 Å². The molecule has 3 rings (SSSR count). The second-order valence-electron chi connectivity index (χ2n) is 4.95. The van der Waals surface area contributed by atoms with E-state index >= 15 is 0 Å². The van der Waals surface area contributed by atoms with Gasteiger partial charge in [-0.25, -0.2) is 4.98 Å². The normalized spacial score (nSPS) is 10.7. The zero-order valence-electron chi connectivity index (χ0n) is 12.8. The van der Waals surface area contributed by atoms with Crippen molar-refractivity contribution in [2.75, 3.05) is 5.32 Å². The number of rotatable bonds is 5. The molecule has 2 heterocycles. The van der Waals surface area contributed by atoms with Crippen molar-refractivity contribution in [1.82, 2.24) is 9.97 Å². The molecule has 0 radical (unpaired) electrons. The Morgan fingerprint density at radius 3 is 2.56 bits per heavy atom. The van der Waals surface area contributed by atoms with Crippen LogP contribution in [-0.4, -0.2) is 20.8 Å². The first kappa shape index (κ1) is 16.5. The van der Waals surface area contributed by atoms with Crippen LogP contribution in [0.1, 0.15) is 5.56 Å². The van der Waals surface area contributed by atoms with Gasteiger partial charge in [0.1, 0.15) is 0 Å². The molecule has 25 heavy (non-hydrogen) atoms. The number of thiazole rings is 1. The molecule has 0 atom stereocenters. The van der Waals surface area contributed by atoms with E-state index in [-0.39, 0.29) is 11.6 Å². The van der Waals surface area contributed by atoms with E-state index < -0.39 is 4.92 Å². The van der Waals surface area contributed by atoms with E-state index in [0.29, 0.717) is 10.7 Å². The number of hydrogen-bond acceptors (Lipinski definition) is 6. The van der Waals surface area contributed by atoms with Crippen LogP contribution < -0.4 is 5.32 Å². The van der Waals surface area contributed by atoms with Crippen molar-refractivity contribution in [1.29, 1.82) is 0 Å². The molecule has 8 heteroatoms. The zero-order valence-corrected chi connectivity index (χ0v) is 13.6. The number of anilines is 1. The highest BCUT2D eigenvalue weighted by atomic mass is 32.1. The standard InChI is InChI=1S/C17H12N4O3S/c22-16(6-3-12-1-4-14(5-2-12)21(23)24)20-17-19-15(11-25-17)13-7-9-18-10-8-13/h1-11H,(H,19,20,22)/b6-3+. The fourth-order valence-corrected chi connectivity index (χ4v) is 2.74. The van der Waals surface area contributed by atoms with Crippen LogP contribution in [-0.2, 0) is 4.79 Å². The highest BCUT2D eigenvalue weighted by Gasteiger charge is 2.06. The van der Waals surface area contributed by atoms with E-state index in [4.69, 9.17) is 0 Å². The second kappa shape index (κ2) is 7.45. The SMILES string of the molecule is O=C(/C=C/c1ccc([N+](=O)[O-])cc1)Nc1nc(-c2ccncc2)cs1. The third-order valence-electron chi connectivity index (χ3n) is 3.24. The highest BCUT2D eigenvalue weighted by molar-refractivity contribution is 7.14. The smallest absolute Gasteiger partial charge is 0.269 e. The third kappa shape index (κ3) is 4.33. The lowest BCUT2D eigenvalue weighted by Gasteiger charge is -1.97. The van der Waals surface area contributed by atoms with Gasteiger partial charge in [0.05, 0.1) is 10.6 Å². The van der Waals surface area contributed by atoms with E-state index in [0.717, 1.165) is 11.3 Å². The van der Waals surface area contributed by atoms with Crippen LogP contribution >= 0.6 is 11.3 Å². The molecular weight excluding hydrogens is 340 g/mol. The lowest BCUT2D eigenvalue weighted by molar-refractivity contribution is -0.384. The molecular formula is C17H12N4O3S. The number of nitro groups is 1. The molecule has 0 spiro atoms. The van der Waals surface area contributed by atoms with Crippen LogP contribution in [0.4, 0.5) is 10.8 Å². The fraction of sp³-hybridized carbons (Fsp3) is 0. The van der Waals surface area contributed by atoms with Gasteiger partial charge in [-0.2, -0.15) is 0 Å². The number of carbonyl (C=O) groups is 1. The summed E-state index contributed by atoms with van der Waals surface area (Å²) >= 11 is 1.33. The summed E-state index contributed by atoms with van der Waals surface area (Å²) in [6.45, 7) is 0. The Bertz CT molecular complexity index is 921. The minimum Gasteiger partial charge on any atom is -0.298 e. The van der Waals surface area contributed by atoms with Gasteiger partial charge in [0.25, 0.3) is 5.69 Å². The molecule has 0 bridgehead atoms. The second-order valence-corrected chi connectivity index (χ2v) is 5.80. The van der Waals surface area contributed by atoms with Gasteiger partial charge in [0.2, 0.25) is 5.91 Å². The lowest BCUT2D eigenvalue weighted by atomic mass is 10.2. The van der Waals surface area contributed by atoms with E-state index in [1.807, 2.05) is 17.5 Å². The first-order valence-electron chi connectivity index (χ1n) is 7.21.